The van der Waals surface area contributed by atoms with Crippen LogP contribution in [0.4, 0.5) is 0 Å². The van der Waals surface area contributed by atoms with Gasteiger partial charge in [-0.1, -0.05) is 18.2 Å². The largest absolute Gasteiger partial charge is 0.494 e. The molecule has 0 aliphatic carbocycles. The predicted molar refractivity (Wildman–Crippen MR) is 83.6 cm³/mol. The van der Waals surface area contributed by atoms with Crippen molar-refractivity contribution >= 4 is 0 Å². The molecule has 0 radical (unpaired) electrons. The van der Waals surface area contributed by atoms with E-state index < -0.39 is 0 Å². The highest BCUT2D eigenvalue weighted by Gasteiger charge is 2.18. The first-order valence-electron chi connectivity index (χ1n) is 7.82. The Kier molecular flexibility index (Phi) is 4.90. The fourth-order valence-electron chi connectivity index (χ4n) is 2.92. The van der Waals surface area contributed by atoms with E-state index in [1.807, 2.05) is 42.9 Å². The molecule has 1 aliphatic heterocycles. The van der Waals surface area contributed by atoms with Crippen molar-refractivity contribution in [2.75, 3.05) is 19.7 Å². The van der Waals surface area contributed by atoms with Gasteiger partial charge in [0.25, 0.3) is 0 Å². The van der Waals surface area contributed by atoms with Crippen molar-refractivity contribution in [3.63, 3.8) is 0 Å². The number of nitrogens with one attached hydrogen (secondary N) is 1. The quantitative estimate of drug-likeness (QED) is 0.830. The van der Waals surface area contributed by atoms with Gasteiger partial charge in [-0.05, 0) is 44.5 Å². The molecule has 2 heterocycles. The molecule has 0 spiro atoms. The van der Waals surface area contributed by atoms with Crippen molar-refractivity contribution in [1.82, 2.24) is 14.9 Å². The molecule has 0 saturated carbocycles. The van der Waals surface area contributed by atoms with Crippen LogP contribution in [0.2, 0.25) is 0 Å². The van der Waals surface area contributed by atoms with E-state index in [1.165, 1.54) is 18.5 Å². The maximum absolute atomic E-state index is 5.75. The molecule has 2 aromatic rings. The number of piperidine rings is 1. The number of nitrogens with zero attached hydrogens (tertiary/aromatic N) is 2. The molecule has 4 nitrogen and oxygen atoms in total. The number of aromatic nitrogens is 2. The van der Waals surface area contributed by atoms with E-state index in [1.54, 1.807) is 0 Å². The van der Waals surface area contributed by atoms with Gasteiger partial charge >= 0.3 is 0 Å². The van der Waals surface area contributed by atoms with Crippen LogP contribution >= 0.6 is 0 Å². The Hall–Kier alpha value is -1.81. The molecule has 112 valence electrons. The minimum atomic E-state index is 0.656. The molecular formula is C17H23N3O. The summed E-state index contributed by atoms with van der Waals surface area (Å²) in [5.41, 5.74) is 1.39. The minimum Gasteiger partial charge on any atom is -0.494 e. The van der Waals surface area contributed by atoms with Crippen LogP contribution in [0.5, 0.6) is 5.75 Å². The number of para-hydroxylation sites is 1. The predicted octanol–water partition coefficient (Wildman–Crippen LogP) is 2.82. The molecule has 0 bridgehead atoms. The van der Waals surface area contributed by atoms with Gasteiger partial charge in [0.15, 0.2) is 0 Å². The number of ether oxygens (including phenoxy) is 1. The van der Waals surface area contributed by atoms with Gasteiger partial charge in [0, 0.05) is 24.4 Å². The van der Waals surface area contributed by atoms with E-state index in [9.17, 15) is 0 Å². The van der Waals surface area contributed by atoms with Gasteiger partial charge in [-0.2, -0.15) is 0 Å². The van der Waals surface area contributed by atoms with Gasteiger partial charge in [0.1, 0.15) is 5.75 Å². The fraction of sp³-hybridized carbons (Fsp3) is 0.471. The monoisotopic (exact) mass is 285 g/mol. The lowest BCUT2D eigenvalue weighted by Crippen LogP contribution is -2.27. The second-order valence-corrected chi connectivity index (χ2v) is 5.55. The Labute approximate surface area is 126 Å². The summed E-state index contributed by atoms with van der Waals surface area (Å²) in [5.74, 6) is 1.60. The Morgan fingerprint density at radius 1 is 1.19 bits per heavy atom. The summed E-state index contributed by atoms with van der Waals surface area (Å²) in [6, 6.07) is 10.00. The summed E-state index contributed by atoms with van der Waals surface area (Å²) >= 11 is 0. The molecule has 1 aromatic carbocycles. The highest BCUT2D eigenvalue weighted by Crippen LogP contribution is 2.24. The van der Waals surface area contributed by atoms with Crippen molar-refractivity contribution in [2.24, 2.45) is 0 Å². The zero-order valence-corrected chi connectivity index (χ0v) is 12.4. The topological polar surface area (TPSA) is 39.1 Å². The average Bonchev–Trinajstić information content (AvgIpc) is 3.02. The van der Waals surface area contributed by atoms with Crippen LogP contribution in [0.15, 0.2) is 42.9 Å². The summed E-state index contributed by atoms with van der Waals surface area (Å²) in [6.45, 7) is 3.96. The van der Waals surface area contributed by atoms with Crippen molar-refractivity contribution < 1.29 is 4.74 Å². The van der Waals surface area contributed by atoms with Crippen molar-refractivity contribution in [3.05, 3.63) is 48.5 Å². The molecule has 1 N–H and O–H groups in total. The van der Waals surface area contributed by atoms with E-state index in [4.69, 9.17) is 4.74 Å². The number of benzene rings is 1. The summed E-state index contributed by atoms with van der Waals surface area (Å²) in [7, 11) is 0. The first-order valence-corrected chi connectivity index (χ1v) is 7.82. The van der Waals surface area contributed by atoms with Crippen molar-refractivity contribution in [3.8, 4) is 5.75 Å². The second kappa shape index (κ2) is 7.27. The second-order valence-electron chi connectivity index (χ2n) is 5.55. The SMILES string of the molecule is c1ccc(OCCCn2cncc2C2CCNCC2)cc1. The normalized spacial score (nSPS) is 16.0. The van der Waals surface area contributed by atoms with Gasteiger partial charge in [0.05, 0.1) is 12.9 Å². The zero-order valence-electron chi connectivity index (χ0n) is 12.4. The maximum atomic E-state index is 5.75. The molecule has 3 rings (SSSR count). The number of aryl methyl sites for hydroxylation is 1. The lowest BCUT2D eigenvalue weighted by molar-refractivity contribution is 0.299. The lowest BCUT2D eigenvalue weighted by atomic mass is 9.95. The fourth-order valence-corrected chi connectivity index (χ4v) is 2.92. The van der Waals surface area contributed by atoms with Crippen LogP contribution in [0.3, 0.4) is 0 Å². The van der Waals surface area contributed by atoms with E-state index >= 15 is 0 Å². The third kappa shape index (κ3) is 3.85. The Bertz CT molecular complexity index is 532. The van der Waals surface area contributed by atoms with E-state index in [0.717, 1.165) is 38.4 Å². The highest BCUT2D eigenvalue weighted by atomic mass is 16.5. The standard InChI is InChI=1S/C17H23N3O/c1-2-5-16(6-3-1)21-12-4-11-20-14-19-13-17(20)15-7-9-18-10-8-15/h1-3,5-6,13-15,18H,4,7-12H2. The Morgan fingerprint density at radius 3 is 2.81 bits per heavy atom. The van der Waals surface area contributed by atoms with Crippen LogP contribution in [-0.2, 0) is 6.54 Å². The smallest absolute Gasteiger partial charge is 0.119 e. The van der Waals surface area contributed by atoms with Crippen LogP contribution in [-0.4, -0.2) is 29.2 Å². The van der Waals surface area contributed by atoms with Gasteiger partial charge in [-0.3, -0.25) is 0 Å². The van der Waals surface area contributed by atoms with E-state index in [2.05, 4.69) is 14.9 Å². The highest BCUT2D eigenvalue weighted by molar-refractivity contribution is 5.20. The molecule has 1 aromatic heterocycles. The van der Waals surface area contributed by atoms with Gasteiger partial charge in [0.2, 0.25) is 0 Å². The summed E-state index contributed by atoms with van der Waals surface area (Å²) < 4.78 is 8.04. The lowest BCUT2D eigenvalue weighted by Gasteiger charge is -2.23. The maximum Gasteiger partial charge on any atom is 0.119 e. The van der Waals surface area contributed by atoms with Crippen LogP contribution in [0, 0.1) is 0 Å². The third-order valence-corrected chi connectivity index (χ3v) is 4.06. The molecule has 1 aliphatic rings. The molecular weight excluding hydrogens is 262 g/mol. The average molecular weight is 285 g/mol. The molecule has 4 heteroatoms. The van der Waals surface area contributed by atoms with Crippen LogP contribution in [0.25, 0.3) is 0 Å². The first kappa shape index (κ1) is 14.1. The summed E-state index contributed by atoms with van der Waals surface area (Å²) in [4.78, 5) is 4.34. The van der Waals surface area contributed by atoms with Gasteiger partial charge in [-0.25, -0.2) is 4.98 Å². The molecule has 0 amide bonds. The first-order chi connectivity index (χ1) is 10.4. The number of hydrogen-bond acceptors (Lipinski definition) is 3. The number of hydrogen-bond donors (Lipinski definition) is 1. The van der Waals surface area contributed by atoms with Crippen molar-refractivity contribution in [2.45, 2.75) is 31.7 Å². The summed E-state index contributed by atoms with van der Waals surface area (Å²) in [6.07, 6.45) is 7.43. The molecule has 1 saturated heterocycles. The molecule has 21 heavy (non-hydrogen) atoms. The van der Waals surface area contributed by atoms with E-state index in [0.29, 0.717) is 5.92 Å². The summed E-state index contributed by atoms with van der Waals surface area (Å²) in [5, 5.41) is 3.42. The molecule has 0 unspecified atom stereocenters. The van der Waals surface area contributed by atoms with Crippen LogP contribution < -0.4 is 10.1 Å². The zero-order chi connectivity index (χ0) is 14.3. The van der Waals surface area contributed by atoms with Gasteiger partial charge in [-0.15, -0.1) is 0 Å². The molecule has 1 fully saturated rings. The molecule has 0 atom stereocenters. The Morgan fingerprint density at radius 2 is 2.00 bits per heavy atom. The Balaban J connectivity index is 1.48. The van der Waals surface area contributed by atoms with Crippen LogP contribution in [0.1, 0.15) is 30.9 Å². The van der Waals surface area contributed by atoms with E-state index in [-0.39, 0.29) is 0 Å². The number of imidazole rings is 1. The van der Waals surface area contributed by atoms with Crippen molar-refractivity contribution in [1.29, 1.82) is 0 Å². The van der Waals surface area contributed by atoms with Gasteiger partial charge < -0.3 is 14.6 Å². The number of rotatable bonds is 6. The minimum absolute atomic E-state index is 0.656. The third-order valence-electron chi connectivity index (χ3n) is 4.06.